The first kappa shape index (κ1) is 7.65. The van der Waals surface area contributed by atoms with Crippen molar-refractivity contribution in [2.24, 2.45) is 0 Å². The minimum Gasteiger partial charge on any atom is -0.495 e. The van der Waals surface area contributed by atoms with Crippen molar-refractivity contribution < 1.29 is 13.9 Å². The number of hydrogen-bond donors (Lipinski definition) is 0. The molecule has 0 aromatic carbocycles. The van der Waals surface area contributed by atoms with Gasteiger partial charge in [0.2, 0.25) is 0 Å². The smallest absolute Gasteiger partial charge is 0.171 e. The molecule has 1 rings (SSSR count). The Morgan fingerprint density at radius 1 is 1.73 bits per heavy atom. The number of aromatic nitrogens is 1. The van der Waals surface area contributed by atoms with E-state index in [1.807, 2.05) is 0 Å². The van der Waals surface area contributed by atoms with Gasteiger partial charge in [-0.2, -0.15) is 0 Å². The average molecular weight is 155 g/mol. The zero-order valence-corrected chi connectivity index (χ0v) is 5.87. The van der Waals surface area contributed by atoms with Crippen LogP contribution in [0, 0.1) is 5.82 Å². The number of rotatable bonds is 2. The van der Waals surface area contributed by atoms with Crippen molar-refractivity contribution in [2.45, 2.75) is 0 Å². The molecule has 0 radical (unpaired) electrons. The maximum absolute atomic E-state index is 12.7. The minimum absolute atomic E-state index is 0.203. The number of ether oxygens (including phenoxy) is 1. The first-order chi connectivity index (χ1) is 5.27. The number of nitrogens with zero attached hydrogens (tertiary/aromatic N) is 1. The molecule has 0 saturated heterocycles. The summed E-state index contributed by atoms with van der Waals surface area (Å²) in [6, 6.07) is 1.11. The molecule has 0 amide bonds. The highest BCUT2D eigenvalue weighted by Crippen LogP contribution is 2.11. The summed E-state index contributed by atoms with van der Waals surface area (Å²) >= 11 is 0. The van der Waals surface area contributed by atoms with Gasteiger partial charge in [0.15, 0.2) is 12.1 Å². The Bertz CT molecular complexity index is 275. The Morgan fingerprint density at radius 3 is 2.91 bits per heavy atom. The van der Waals surface area contributed by atoms with Gasteiger partial charge in [-0.1, -0.05) is 0 Å². The number of aldehydes is 1. The fourth-order valence-electron chi connectivity index (χ4n) is 0.629. The minimum atomic E-state index is -0.667. The third-order valence-corrected chi connectivity index (χ3v) is 1.19. The van der Waals surface area contributed by atoms with E-state index >= 15 is 0 Å². The van der Waals surface area contributed by atoms with Crippen LogP contribution in [0.3, 0.4) is 0 Å². The van der Waals surface area contributed by atoms with E-state index in [0.717, 1.165) is 6.07 Å². The molecule has 1 aromatic rings. The summed E-state index contributed by atoms with van der Waals surface area (Å²) < 4.78 is 17.3. The van der Waals surface area contributed by atoms with Crippen molar-refractivity contribution >= 4 is 6.29 Å². The molecule has 1 aromatic heterocycles. The molecule has 0 spiro atoms. The van der Waals surface area contributed by atoms with Crippen molar-refractivity contribution in [3.63, 3.8) is 0 Å². The summed E-state index contributed by atoms with van der Waals surface area (Å²) in [6.07, 6.45) is 1.64. The van der Waals surface area contributed by atoms with Gasteiger partial charge in [-0.3, -0.25) is 4.79 Å². The van der Waals surface area contributed by atoms with E-state index in [0.29, 0.717) is 12.0 Å². The van der Waals surface area contributed by atoms with Crippen molar-refractivity contribution in [3.8, 4) is 5.75 Å². The van der Waals surface area contributed by atoms with Gasteiger partial charge < -0.3 is 4.74 Å². The molecule has 0 aliphatic heterocycles. The van der Waals surface area contributed by atoms with E-state index in [4.69, 9.17) is 0 Å². The van der Waals surface area contributed by atoms with Crippen LogP contribution in [0.4, 0.5) is 4.39 Å². The van der Waals surface area contributed by atoms with Crippen LogP contribution in [0.1, 0.15) is 10.5 Å². The molecule has 0 fully saturated rings. The van der Waals surface area contributed by atoms with Crippen LogP contribution < -0.4 is 4.74 Å². The van der Waals surface area contributed by atoms with E-state index in [9.17, 15) is 9.18 Å². The van der Waals surface area contributed by atoms with Crippen LogP contribution in [-0.4, -0.2) is 18.4 Å². The van der Waals surface area contributed by atoms with Crippen LogP contribution in [0.15, 0.2) is 12.3 Å². The van der Waals surface area contributed by atoms with Gasteiger partial charge in [-0.25, -0.2) is 9.37 Å². The van der Waals surface area contributed by atoms with E-state index in [-0.39, 0.29) is 5.69 Å². The van der Waals surface area contributed by atoms with Crippen molar-refractivity contribution in [1.82, 2.24) is 4.98 Å². The van der Waals surface area contributed by atoms with Crippen LogP contribution in [0.2, 0.25) is 0 Å². The lowest BCUT2D eigenvalue weighted by Crippen LogP contribution is -1.93. The number of methoxy groups -OCH3 is 1. The molecule has 0 atom stereocenters. The number of carbonyl (C=O) groups excluding carboxylic acids is 1. The van der Waals surface area contributed by atoms with E-state index in [2.05, 4.69) is 9.72 Å². The summed E-state index contributed by atoms with van der Waals surface area (Å²) in [5.74, 6) is -0.368. The molecule has 58 valence electrons. The standard InChI is InChI=1S/C7H6FNO2/c1-11-5-2-6(8)7(4-10)9-3-5/h2-4H,1H3. The van der Waals surface area contributed by atoms with Gasteiger partial charge in [-0.15, -0.1) is 0 Å². The monoisotopic (exact) mass is 155 g/mol. The lowest BCUT2D eigenvalue weighted by molar-refractivity contribution is 0.111. The van der Waals surface area contributed by atoms with Crippen LogP contribution >= 0.6 is 0 Å². The molecule has 0 unspecified atom stereocenters. The molecule has 1 heterocycles. The topological polar surface area (TPSA) is 39.2 Å². The first-order valence-electron chi connectivity index (χ1n) is 2.92. The average Bonchev–Trinajstić information content (AvgIpc) is 2.04. The Morgan fingerprint density at radius 2 is 2.45 bits per heavy atom. The maximum Gasteiger partial charge on any atom is 0.171 e. The largest absolute Gasteiger partial charge is 0.495 e. The van der Waals surface area contributed by atoms with Crippen LogP contribution in [-0.2, 0) is 0 Å². The molecule has 4 heteroatoms. The molecule has 0 saturated carbocycles. The zero-order chi connectivity index (χ0) is 8.27. The van der Waals surface area contributed by atoms with E-state index in [1.165, 1.54) is 13.3 Å². The second kappa shape index (κ2) is 3.09. The van der Waals surface area contributed by atoms with Crippen molar-refractivity contribution in [1.29, 1.82) is 0 Å². The van der Waals surface area contributed by atoms with Gasteiger partial charge in [0.1, 0.15) is 11.4 Å². The molecule has 3 nitrogen and oxygen atoms in total. The van der Waals surface area contributed by atoms with Gasteiger partial charge >= 0.3 is 0 Å². The molecule has 0 N–H and O–H groups in total. The molecule has 11 heavy (non-hydrogen) atoms. The maximum atomic E-state index is 12.7. The number of hydrogen-bond acceptors (Lipinski definition) is 3. The van der Waals surface area contributed by atoms with Gasteiger partial charge in [0.25, 0.3) is 0 Å². The highest BCUT2D eigenvalue weighted by molar-refractivity contribution is 5.72. The highest BCUT2D eigenvalue weighted by atomic mass is 19.1. The lowest BCUT2D eigenvalue weighted by atomic mass is 10.3. The zero-order valence-electron chi connectivity index (χ0n) is 5.87. The van der Waals surface area contributed by atoms with Gasteiger partial charge in [0.05, 0.1) is 13.3 Å². The van der Waals surface area contributed by atoms with Crippen molar-refractivity contribution in [2.75, 3.05) is 7.11 Å². The second-order valence-electron chi connectivity index (χ2n) is 1.86. The fraction of sp³-hybridized carbons (Fsp3) is 0.143. The summed E-state index contributed by atoms with van der Waals surface area (Å²) in [5, 5.41) is 0. The molecule has 0 aliphatic rings. The third-order valence-electron chi connectivity index (χ3n) is 1.19. The lowest BCUT2D eigenvalue weighted by Gasteiger charge is -1.98. The highest BCUT2D eigenvalue weighted by Gasteiger charge is 2.02. The number of pyridine rings is 1. The Balaban J connectivity index is 3.09. The summed E-state index contributed by atoms with van der Waals surface area (Å²) in [7, 11) is 1.40. The molecule has 0 aliphatic carbocycles. The van der Waals surface area contributed by atoms with Crippen LogP contribution in [0.5, 0.6) is 5.75 Å². The summed E-state index contributed by atoms with van der Waals surface area (Å²) in [5.41, 5.74) is -0.203. The predicted molar refractivity (Wildman–Crippen MR) is 36.1 cm³/mol. The van der Waals surface area contributed by atoms with E-state index in [1.54, 1.807) is 0 Å². The van der Waals surface area contributed by atoms with Crippen molar-refractivity contribution in [3.05, 3.63) is 23.8 Å². The first-order valence-corrected chi connectivity index (χ1v) is 2.92. The fourth-order valence-corrected chi connectivity index (χ4v) is 0.629. The van der Waals surface area contributed by atoms with Gasteiger partial charge in [0, 0.05) is 6.07 Å². The Labute approximate surface area is 62.8 Å². The second-order valence-corrected chi connectivity index (χ2v) is 1.86. The predicted octanol–water partition coefficient (Wildman–Crippen LogP) is 1.04. The SMILES string of the molecule is COc1cnc(C=O)c(F)c1. The molecule has 0 bridgehead atoms. The number of carbonyl (C=O) groups is 1. The number of halogens is 1. The Kier molecular flexibility index (Phi) is 2.15. The van der Waals surface area contributed by atoms with E-state index < -0.39 is 5.82 Å². The summed E-state index contributed by atoms with van der Waals surface area (Å²) in [4.78, 5) is 13.6. The molecular weight excluding hydrogens is 149 g/mol. The third kappa shape index (κ3) is 1.52. The molecular formula is C7H6FNO2. The summed E-state index contributed by atoms with van der Waals surface area (Å²) in [6.45, 7) is 0. The normalized spacial score (nSPS) is 9.27. The van der Waals surface area contributed by atoms with Crippen LogP contribution in [0.25, 0.3) is 0 Å². The quantitative estimate of drug-likeness (QED) is 0.599. The van der Waals surface area contributed by atoms with Gasteiger partial charge in [-0.05, 0) is 0 Å². The Hall–Kier alpha value is -1.45.